The van der Waals surface area contributed by atoms with Gasteiger partial charge in [0.05, 0.1) is 12.2 Å². The second kappa shape index (κ2) is 7.26. The van der Waals surface area contributed by atoms with Crippen LogP contribution in [0.3, 0.4) is 0 Å². The molecular formula is C13H23N5O2S. The number of hydrogen-bond acceptors (Lipinski definition) is 5. The maximum atomic E-state index is 12.3. The smallest absolute Gasteiger partial charge is 0.279 e. The third-order valence-corrected chi connectivity index (χ3v) is 5.23. The van der Waals surface area contributed by atoms with E-state index >= 15 is 0 Å². The molecule has 0 saturated carbocycles. The van der Waals surface area contributed by atoms with Gasteiger partial charge in [0.15, 0.2) is 0 Å². The van der Waals surface area contributed by atoms with Crippen LogP contribution in [-0.2, 0) is 16.8 Å². The van der Waals surface area contributed by atoms with Crippen LogP contribution in [0.4, 0.5) is 0 Å². The van der Waals surface area contributed by atoms with E-state index in [9.17, 15) is 8.42 Å². The fraction of sp³-hybridized carbons (Fsp3) is 0.692. The number of rotatable bonds is 6. The molecule has 0 aromatic carbocycles. The molecule has 0 unspecified atom stereocenters. The molecule has 0 aliphatic carbocycles. The molecule has 1 fully saturated rings. The lowest BCUT2D eigenvalue weighted by atomic mass is 9.98. The van der Waals surface area contributed by atoms with Crippen molar-refractivity contribution in [3.63, 3.8) is 0 Å². The molecule has 1 aliphatic heterocycles. The lowest BCUT2D eigenvalue weighted by Gasteiger charge is -2.31. The summed E-state index contributed by atoms with van der Waals surface area (Å²) in [7, 11) is -1.51. The summed E-state index contributed by atoms with van der Waals surface area (Å²) < 4.78 is 28.7. The average Bonchev–Trinajstić information content (AvgIpc) is 2.46. The quantitative estimate of drug-likeness (QED) is 0.775. The molecule has 21 heavy (non-hydrogen) atoms. The third-order valence-electron chi connectivity index (χ3n) is 3.68. The first-order valence-corrected chi connectivity index (χ1v) is 8.63. The van der Waals surface area contributed by atoms with E-state index < -0.39 is 10.2 Å². The summed E-state index contributed by atoms with van der Waals surface area (Å²) in [6.07, 6.45) is 3.43. The second-order valence-electron chi connectivity index (χ2n) is 5.32. The highest BCUT2D eigenvalue weighted by Gasteiger charge is 2.27. The summed E-state index contributed by atoms with van der Waals surface area (Å²) in [6, 6.07) is 1.72. The highest BCUT2D eigenvalue weighted by atomic mass is 32.2. The Hall–Kier alpha value is -1.09. The van der Waals surface area contributed by atoms with E-state index in [0.717, 1.165) is 19.4 Å². The lowest BCUT2D eigenvalue weighted by molar-refractivity contribution is 0.268. The van der Waals surface area contributed by atoms with Gasteiger partial charge < -0.3 is 5.32 Å². The van der Waals surface area contributed by atoms with Crippen molar-refractivity contribution in [1.29, 1.82) is 0 Å². The van der Waals surface area contributed by atoms with E-state index in [4.69, 9.17) is 0 Å². The average molecular weight is 313 g/mol. The molecule has 1 saturated heterocycles. The van der Waals surface area contributed by atoms with Crippen molar-refractivity contribution in [3.05, 3.63) is 23.8 Å². The first-order valence-electron chi connectivity index (χ1n) is 7.19. The Kier molecular flexibility index (Phi) is 5.63. The molecule has 2 N–H and O–H groups in total. The normalized spacial score (nSPS) is 18.0. The van der Waals surface area contributed by atoms with Crippen LogP contribution in [0.1, 0.15) is 24.4 Å². The highest BCUT2D eigenvalue weighted by Crippen LogP contribution is 2.18. The monoisotopic (exact) mass is 313 g/mol. The van der Waals surface area contributed by atoms with E-state index in [1.54, 1.807) is 19.2 Å². The molecule has 1 aliphatic rings. The van der Waals surface area contributed by atoms with Crippen LogP contribution in [0.2, 0.25) is 0 Å². The van der Waals surface area contributed by atoms with Crippen molar-refractivity contribution in [2.45, 2.75) is 26.3 Å². The van der Waals surface area contributed by atoms with E-state index in [1.807, 2.05) is 7.05 Å². The molecule has 0 atom stereocenters. The SMILES string of the molecule is CNCC1CCN(S(=O)(=O)NCc2ccnc(C)n2)CC1. The van der Waals surface area contributed by atoms with Crippen LogP contribution in [0, 0.1) is 12.8 Å². The van der Waals surface area contributed by atoms with Crippen LogP contribution in [-0.4, -0.2) is 49.4 Å². The summed E-state index contributed by atoms with van der Waals surface area (Å²) >= 11 is 0. The predicted molar refractivity (Wildman–Crippen MR) is 80.8 cm³/mol. The van der Waals surface area contributed by atoms with E-state index in [1.165, 1.54) is 4.31 Å². The van der Waals surface area contributed by atoms with Crippen LogP contribution in [0.25, 0.3) is 0 Å². The van der Waals surface area contributed by atoms with Gasteiger partial charge in [-0.05, 0) is 45.3 Å². The van der Waals surface area contributed by atoms with E-state index in [-0.39, 0.29) is 6.54 Å². The molecule has 2 rings (SSSR count). The summed E-state index contributed by atoms with van der Waals surface area (Å²) in [6.45, 7) is 4.07. The molecule has 7 nitrogen and oxygen atoms in total. The molecule has 8 heteroatoms. The Morgan fingerprint density at radius 1 is 1.38 bits per heavy atom. The predicted octanol–water partition coefficient (Wildman–Crippen LogP) is 0.0508. The van der Waals surface area contributed by atoms with Gasteiger partial charge in [0.2, 0.25) is 0 Å². The van der Waals surface area contributed by atoms with Crippen molar-refractivity contribution in [2.75, 3.05) is 26.7 Å². The molecule has 0 bridgehead atoms. The van der Waals surface area contributed by atoms with Gasteiger partial charge in [-0.1, -0.05) is 0 Å². The van der Waals surface area contributed by atoms with Crippen LogP contribution >= 0.6 is 0 Å². The first kappa shape index (κ1) is 16.3. The van der Waals surface area contributed by atoms with Crippen molar-refractivity contribution in [1.82, 2.24) is 24.3 Å². The molecule has 0 amide bonds. The van der Waals surface area contributed by atoms with Crippen molar-refractivity contribution >= 4 is 10.2 Å². The number of hydrogen-bond donors (Lipinski definition) is 2. The van der Waals surface area contributed by atoms with E-state index in [0.29, 0.717) is 30.5 Å². The first-order chi connectivity index (χ1) is 10.0. The van der Waals surface area contributed by atoms with Gasteiger partial charge in [0.1, 0.15) is 5.82 Å². The Balaban J connectivity index is 1.88. The van der Waals surface area contributed by atoms with Gasteiger partial charge in [0.25, 0.3) is 10.2 Å². The molecule has 1 aromatic rings. The molecule has 0 spiro atoms. The third kappa shape index (κ3) is 4.70. The van der Waals surface area contributed by atoms with Crippen LogP contribution < -0.4 is 10.0 Å². The van der Waals surface area contributed by atoms with Crippen molar-refractivity contribution < 1.29 is 8.42 Å². The highest BCUT2D eigenvalue weighted by molar-refractivity contribution is 7.87. The zero-order chi connectivity index (χ0) is 15.3. The van der Waals surface area contributed by atoms with Crippen LogP contribution in [0.15, 0.2) is 12.3 Å². The Morgan fingerprint density at radius 3 is 2.71 bits per heavy atom. The van der Waals surface area contributed by atoms with Crippen molar-refractivity contribution in [3.8, 4) is 0 Å². The maximum Gasteiger partial charge on any atom is 0.279 e. The number of aryl methyl sites for hydroxylation is 1. The minimum absolute atomic E-state index is 0.197. The largest absolute Gasteiger partial charge is 0.319 e. The lowest BCUT2D eigenvalue weighted by Crippen LogP contribution is -2.45. The number of nitrogens with one attached hydrogen (secondary N) is 2. The zero-order valence-electron chi connectivity index (χ0n) is 12.5. The number of piperidine rings is 1. The number of aromatic nitrogens is 2. The summed E-state index contributed by atoms with van der Waals surface area (Å²) in [5, 5.41) is 3.15. The summed E-state index contributed by atoms with van der Waals surface area (Å²) in [5.41, 5.74) is 0.677. The number of nitrogens with zero attached hydrogens (tertiary/aromatic N) is 3. The van der Waals surface area contributed by atoms with Crippen LogP contribution in [0.5, 0.6) is 0 Å². The standard InChI is InChI=1S/C13H23N5O2S/c1-11-15-6-3-13(17-11)10-16-21(19,20)18-7-4-12(5-8-18)9-14-2/h3,6,12,14,16H,4-5,7-10H2,1-2H3. The second-order valence-corrected chi connectivity index (χ2v) is 7.08. The summed E-state index contributed by atoms with van der Waals surface area (Å²) in [5.74, 6) is 1.20. The topological polar surface area (TPSA) is 87.2 Å². The molecular weight excluding hydrogens is 290 g/mol. The molecule has 2 heterocycles. The Bertz CT molecular complexity index is 555. The van der Waals surface area contributed by atoms with E-state index in [2.05, 4.69) is 20.0 Å². The van der Waals surface area contributed by atoms with Gasteiger partial charge in [-0.15, -0.1) is 0 Å². The van der Waals surface area contributed by atoms with Gasteiger partial charge in [-0.25, -0.2) is 9.97 Å². The van der Waals surface area contributed by atoms with Gasteiger partial charge in [0, 0.05) is 19.3 Å². The Labute approximate surface area is 126 Å². The summed E-state index contributed by atoms with van der Waals surface area (Å²) in [4.78, 5) is 8.19. The molecule has 1 aromatic heterocycles. The fourth-order valence-electron chi connectivity index (χ4n) is 2.50. The minimum Gasteiger partial charge on any atom is -0.319 e. The Morgan fingerprint density at radius 2 is 2.10 bits per heavy atom. The van der Waals surface area contributed by atoms with Gasteiger partial charge >= 0.3 is 0 Å². The van der Waals surface area contributed by atoms with Gasteiger partial charge in [-0.3, -0.25) is 0 Å². The fourth-order valence-corrected chi connectivity index (χ4v) is 3.71. The molecule has 118 valence electrons. The maximum absolute atomic E-state index is 12.3. The molecule has 0 radical (unpaired) electrons. The van der Waals surface area contributed by atoms with Crippen molar-refractivity contribution in [2.24, 2.45) is 5.92 Å². The zero-order valence-corrected chi connectivity index (χ0v) is 13.4. The minimum atomic E-state index is -3.43. The van der Waals surface area contributed by atoms with Gasteiger partial charge in [-0.2, -0.15) is 17.4 Å².